The van der Waals surface area contributed by atoms with Gasteiger partial charge in [-0.2, -0.15) is 0 Å². The fourth-order valence-corrected chi connectivity index (χ4v) is 8.53. The van der Waals surface area contributed by atoms with Gasteiger partial charge in [0.1, 0.15) is 0 Å². The molecular weight excluding hydrogens is 574 g/mol. The molecule has 47 heavy (non-hydrogen) atoms. The molecule has 0 amide bonds. The van der Waals surface area contributed by atoms with Crippen molar-refractivity contribution in [3.63, 3.8) is 0 Å². The summed E-state index contributed by atoms with van der Waals surface area (Å²) >= 11 is 0. The number of rotatable bonds is 2. The molecule has 0 saturated carbocycles. The summed E-state index contributed by atoms with van der Waals surface area (Å²) in [5.41, 5.74) is 19.1. The van der Waals surface area contributed by atoms with Gasteiger partial charge in [0.05, 0.1) is 68.2 Å². The van der Waals surface area contributed by atoms with Crippen LogP contribution in [0.1, 0.15) is 38.8 Å². The third kappa shape index (κ3) is 3.43. The van der Waals surface area contributed by atoms with Gasteiger partial charge in [-0.1, -0.05) is 74.5 Å². The molecule has 4 heterocycles. The lowest BCUT2D eigenvalue weighted by Gasteiger charge is -2.47. The van der Waals surface area contributed by atoms with Crippen molar-refractivity contribution in [3.05, 3.63) is 132 Å². The normalized spacial score (nSPS) is 15.4. The second kappa shape index (κ2) is 9.20. The molecule has 0 bridgehead atoms. The molecule has 0 fully saturated rings. The van der Waals surface area contributed by atoms with Crippen LogP contribution in [0.4, 0.5) is 68.2 Å². The van der Waals surface area contributed by atoms with Gasteiger partial charge in [-0.3, -0.25) is 0 Å². The number of nitrogens with one attached hydrogen (secondary N) is 2. The van der Waals surface area contributed by atoms with Crippen LogP contribution in [0.5, 0.6) is 0 Å². The lowest BCUT2D eigenvalue weighted by molar-refractivity contribution is 0.633. The van der Waals surface area contributed by atoms with E-state index in [9.17, 15) is 0 Å². The summed E-state index contributed by atoms with van der Waals surface area (Å²) in [5, 5.41) is 7.58. The Kier molecular flexibility index (Phi) is 5.19. The Morgan fingerprint density at radius 3 is 1.91 bits per heavy atom. The first-order valence-corrected chi connectivity index (χ1v) is 16.6. The number of anilines is 12. The topological polar surface area (TPSA) is 33.8 Å². The van der Waals surface area contributed by atoms with Crippen LogP contribution in [0.3, 0.4) is 0 Å². The smallest absolute Gasteiger partial charge is 0.0938 e. The summed E-state index contributed by atoms with van der Waals surface area (Å²) in [4.78, 5) is 7.42. The fraction of sp³-hybridized carbons (Fsp3) is 0.143. The van der Waals surface area contributed by atoms with E-state index in [1.54, 1.807) is 0 Å². The monoisotopic (exact) mass is 609 g/mol. The molecule has 6 aromatic rings. The summed E-state index contributed by atoms with van der Waals surface area (Å²) in [6, 6.07) is 44.8. The first-order valence-electron chi connectivity index (χ1n) is 16.6. The van der Waals surface area contributed by atoms with Crippen molar-refractivity contribution < 1.29 is 0 Å². The van der Waals surface area contributed by atoms with Crippen molar-refractivity contribution in [1.82, 2.24) is 0 Å². The molecule has 0 radical (unpaired) electrons. The molecular formula is C42H35N5. The van der Waals surface area contributed by atoms with Crippen LogP contribution in [-0.2, 0) is 5.41 Å². The highest BCUT2D eigenvalue weighted by molar-refractivity contribution is 6.09. The maximum atomic E-state index is 3.80. The van der Waals surface area contributed by atoms with Gasteiger partial charge in [-0.05, 0) is 96.8 Å². The Hall–Kier alpha value is -5.68. The van der Waals surface area contributed by atoms with Crippen LogP contribution in [0, 0.1) is 0 Å². The van der Waals surface area contributed by atoms with E-state index in [1.807, 2.05) is 0 Å². The summed E-state index contributed by atoms with van der Waals surface area (Å²) in [6.45, 7) is 9.30. The van der Waals surface area contributed by atoms with Crippen molar-refractivity contribution >= 4 is 68.2 Å². The highest BCUT2D eigenvalue weighted by atomic mass is 15.3. The van der Waals surface area contributed by atoms with E-state index in [0.29, 0.717) is 6.04 Å². The third-order valence-corrected chi connectivity index (χ3v) is 10.5. The van der Waals surface area contributed by atoms with E-state index in [4.69, 9.17) is 0 Å². The molecule has 0 saturated heterocycles. The van der Waals surface area contributed by atoms with Crippen LogP contribution >= 0.6 is 0 Å². The lowest BCUT2D eigenvalue weighted by atomic mass is 9.70. The number of nitrogens with zero attached hydrogens (tertiary/aromatic N) is 3. The van der Waals surface area contributed by atoms with Gasteiger partial charge in [-0.25, -0.2) is 0 Å². The van der Waals surface area contributed by atoms with Crippen LogP contribution in [0.15, 0.2) is 121 Å². The van der Waals surface area contributed by atoms with E-state index < -0.39 is 0 Å². The molecule has 4 aliphatic heterocycles. The predicted octanol–water partition coefficient (Wildman–Crippen LogP) is 11.9. The molecule has 2 N–H and O–H groups in total. The van der Waals surface area contributed by atoms with Crippen molar-refractivity contribution in [2.45, 2.75) is 39.2 Å². The maximum absolute atomic E-state index is 3.80. The van der Waals surface area contributed by atoms with Crippen LogP contribution < -0.4 is 25.3 Å². The molecule has 5 nitrogen and oxygen atoms in total. The molecule has 5 heteroatoms. The molecule has 0 aliphatic carbocycles. The molecule has 0 spiro atoms. The predicted molar refractivity (Wildman–Crippen MR) is 197 cm³/mol. The highest BCUT2D eigenvalue weighted by Gasteiger charge is 2.43. The standard InChI is InChI=1S/C42H35N5/c1-25(2)45-35-17-9-10-18-36(35)47-38-24-26(20-22-30(38)44-31-14-11-19-37(45)40(31)47)27-21-23-32-41-39(27)42(3,4)28-12-5-7-15-33(28)46(41)34-16-8-6-13-29(34)43-32/h5-25,43-44H,1-4H3. The van der Waals surface area contributed by atoms with E-state index in [1.165, 1.54) is 62.1 Å². The zero-order chi connectivity index (χ0) is 31.6. The summed E-state index contributed by atoms with van der Waals surface area (Å²) in [6.07, 6.45) is 0. The van der Waals surface area contributed by atoms with Gasteiger partial charge < -0.3 is 25.3 Å². The van der Waals surface area contributed by atoms with Gasteiger partial charge in [0.25, 0.3) is 0 Å². The number of hydrogen-bond donors (Lipinski definition) is 2. The maximum Gasteiger partial charge on any atom is 0.0938 e. The molecule has 4 aliphatic rings. The quantitative estimate of drug-likeness (QED) is 0.204. The largest absolute Gasteiger partial charge is 0.352 e. The minimum Gasteiger partial charge on any atom is -0.352 e. The second-order valence-electron chi connectivity index (χ2n) is 13.8. The molecule has 0 unspecified atom stereocenters. The van der Waals surface area contributed by atoms with Crippen LogP contribution in [0.2, 0.25) is 0 Å². The van der Waals surface area contributed by atoms with E-state index in [2.05, 4.69) is 174 Å². The highest BCUT2D eigenvalue weighted by Crippen LogP contribution is 2.62. The van der Waals surface area contributed by atoms with Gasteiger partial charge >= 0.3 is 0 Å². The van der Waals surface area contributed by atoms with Gasteiger partial charge in [0.15, 0.2) is 0 Å². The fourth-order valence-electron chi connectivity index (χ4n) is 8.53. The Morgan fingerprint density at radius 2 is 1.11 bits per heavy atom. The van der Waals surface area contributed by atoms with Gasteiger partial charge in [-0.15, -0.1) is 0 Å². The first-order chi connectivity index (χ1) is 22.9. The molecule has 6 aromatic carbocycles. The summed E-state index contributed by atoms with van der Waals surface area (Å²) < 4.78 is 0. The molecule has 10 rings (SSSR count). The minimum absolute atomic E-state index is 0.231. The van der Waals surface area contributed by atoms with Gasteiger partial charge in [0, 0.05) is 11.5 Å². The van der Waals surface area contributed by atoms with Crippen molar-refractivity contribution in [1.29, 1.82) is 0 Å². The van der Waals surface area contributed by atoms with Crippen LogP contribution in [-0.4, -0.2) is 6.04 Å². The van der Waals surface area contributed by atoms with Gasteiger partial charge in [0.2, 0.25) is 0 Å². The number of benzene rings is 6. The Morgan fingerprint density at radius 1 is 0.511 bits per heavy atom. The minimum atomic E-state index is -0.231. The summed E-state index contributed by atoms with van der Waals surface area (Å²) in [7, 11) is 0. The Balaban J connectivity index is 1.21. The Labute approximate surface area is 275 Å². The zero-order valence-electron chi connectivity index (χ0n) is 27.0. The average Bonchev–Trinajstić information content (AvgIpc) is 3.09. The zero-order valence-corrected chi connectivity index (χ0v) is 27.0. The molecule has 0 atom stereocenters. The lowest BCUT2D eigenvalue weighted by Crippen LogP contribution is -2.34. The first kappa shape index (κ1) is 26.5. The third-order valence-electron chi connectivity index (χ3n) is 10.5. The molecule has 228 valence electrons. The van der Waals surface area contributed by atoms with Crippen molar-refractivity contribution in [2.24, 2.45) is 0 Å². The van der Waals surface area contributed by atoms with E-state index in [-0.39, 0.29) is 5.41 Å². The number of fused-ring (bicyclic) bond motifs is 8. The van der Waals surface area contributed by atoms with E-state index >= 15 is 0 Å². The molecule has 0 aromatic heterocycles. The van der Waals surface area contributed by atoms with Crippen molar-refractivity contribution in [3.8, 4) is 11.1 Å². The summed E-state index contributed by atoms with van der Waals surface area (Å²) in [5.74, 6) is 0. The van der Waals surface area contributed by atoms with Crippen LogP contribution in [0.25, 0.3) is 11.1 Å². The Bertz CT molecular complexity index is 2300. The van der Waals surface area contributed by atoms with E-state index in [0.717, 1.165) is 28.4 Å². The van der Waals surface area contributed by atoms with Crippen molar-refractivity contribution in [2.75, 3.05) is 25.3 Å². The number of hydrogen-bond acceptors (Lipinski definition) is 5. The number of para-hydroxylation sites is 6. The second-order valence-corrected chi connectivity index (χ2v) is 13.8. The SMILES string of the molecule is CC(C)N1c2ccccc2N2c3cc(-c4ccc5c6c4C(C)(C)c4ccccc4N6c4ccccc4N5)ccc3Nc3cccc1c32. The average molecular weight is 610 g/mol.